The van der Waals surface area contributed by atoms with Crippen LogP contribution in [0.3, 0.4) is 0 Å². The molecule has 122 valence electrons. The normalized spacial score (nSPS) is 21.3. The number of rotatable bonds is 8. The Morgan fingerprint density at radius 3 is 2.73 bits per heavy atom. The minimum atomic E-state index is -0.0227. The maximum Gasteiger partial charge on any atom is 0.306 e. The maximum atomic E-state index is 11.5. The molecule has 4 nitrogen and oxygen atoms in total. The van der Waals surface area contributed by atoms with E-state index in [2.05, 4.69) is 10.3 Å². The zero-order chi connectivity index (χ0) is 15.6. The van der Waals surface area contributed by atoms with Gasteiger partial charge in [-0.15, -0.1) is 0 Å². The van der Waals surface area contributed by atoms with Crippen LogP contribution >= 0.6 is 0 Å². The van der Waals surface area contributed by atoms with Crippen molar-refractivity contribution in [2.45, 2.75) is 51.9 Å². The Hall–Kier alpha value is -1.58. The molecule has 4 heteroatoms. The van der Waals surface area contributed by atoms with E-state index in [1.165, 1.54) is 38.5 Å². The minimum absolute atomic E-state index is 0.0227. The van der Waals surface area contributed by atoms with Gasteiger partial charge in [0.1, 0.15) is 5.82 Å². The largest absolute Gasteiger partial charge is 0.466 e. The van der Waals surface area contributed by atoms with Crippen LogP contribution in [0.5, 0.6) is 0 Å². The number of aromatic nitrogens is 1. The smallest absolute Gasteiger partial charge is 0.306 e. The van der Waals surface area contributed by atoms with Gasteiger partial charge in [0.2, 0.25) is 0 Å². The fourth-order valence-electron chi connectivity index (χ4n) is 3.25. The number of carbonyl (C=O) groups excluding carboxylic acids is 1. The highest BCUT2D eigenvalue weighted by atomic mass is 16.5. The Morgan fingerprint density at radius 1 is 1.27 bits per heavy atom. The van der Waals surface area contributed by atoms with Gasteiger partial charge in [0.25, 0.3) is 0 Å². The summed E-state index contributed by atoms with van der Waals surface area (Å²) in [6.07, 6.45) is 9.75. The molecule has 1 fully saturated rings. The second-order valence-corrected chi connectivity index (χ2v) is 6.18. The molecular formula is C18H28N2O2. The van der Waals surface area contributed by atoms with Crippen LogP contribution in [0.25, 0.3) is 0 Å². The number of nitrogens with one attached hydrogen (secondary N) is 1. The summed E-state index contributed by atoms with van der Waals surface area (Å²) < 4.78 is 5.04. The Kier molecular flexibility index (Phi) is 7.20. The molecule has 1 N–H and O–H groups in total. The third-order valence-corrected chi connectivity index (χ3v) is 4.49. The summed E-state index contributed by atoms with van der Waals surface area (Å²) in [5, 5.41) is 3.36. The molecule has 22 heavy (non-hydrogen) atoms. The van der Waals surface area contributed by atoms with E-state index in [0.29, 0.717) is 18.9 Å². The lowest BCUT2D eigenvalue weighted by atomic mass is 9.79. The molecule has 1 heterocycles. The number of nitrogens with zero attached hydrogens (tertiary/aromatic N) is 1. The van der Waals surface area contributed by atoms with Crippen molar-refractivity contribution in [2.24, 2.45) is 11.8 Å². The van der Waals surface area contributed by atoms with Gasteiger partial charge in [0.05, 0.1) is 6.61 Å². The number of ether oxygens (including phenoxy) is 1. The van der Waals surface area contributed by atoms with Crippen LogP contribution in [0.4, 0.5) is 5.82 Å². The lowest BCUT2D eigenvalue weighted by Gasteiger charge is -2.28. The molecule has 1 saturated carbocycles. The molecule has 0 saturated heterocycles. The van der Waals surface area contributed by atoms with E-state index >= 15 is 0 Å². The molecular weight excluding hydrogens is 276 g/mol. The van der Waals surface area contributed by atoms with Gasteiger partial charge < -0.3 is 10.1 Å². The zero-order valence-electron chi connectivity index (χ0n) is 13.6. The van der Waals surface area contributed by atoms with Crippen LogP contribution in [0, 0.1) is 11.8 Å². The van der Waals surface area contributed by atoms with Crippen molar-refractivity contribution >= 4 is 11.8 Å². The summed E-state index contributed by atoms with van der Waals surface area (Å²) in [5.41, 5.74) is 0. The van der Waals surface area contributed by atoms with Gasteiger partial charge in [-0.25, -0.2) is 4.98 Å². The van der Waals surface area contributed by atoms with Crippen LogP contribution in [-0.2, 0) is 9.53 Å². The first kappa shape index (κ1) is 16.8. The fourth-order valence-corrected chi connectivity index (χ4v) is 3.25. The Bertz CT molecular complexity index is 428. The topological polar surface area (TPSA) is 51.2 Å². The summed E-state index contributed by atoms with van der Waals surface area (Å²) in [4.78, 5) is 15.8. The Balaban J connectivity index is 1.55. The van der Waals surface area contributed by atoms with Crippen LogP contribution in [0.1, 0.15) is 51.9 Å². The van der Waals surface area contributed by atoms with Crippen molar-refractivity contribution < 1.29 is 9.53 Å². The molecule has 0 aliphatic heterocycles. The SMILES string of the molecule is CCOC(=O)CC1CCC(CCCNc2ccccn2)CC1. The van der Waals surface area contributed by atoms with Crippen molar-refractivity contribution in [3.05, 3.63) is 24.4 Å². The highest BCUT2D eigenvalue weighted by molar-refractivity contribution is 5.69. The molecule has 2 rings (SSSR count). The van der Waals surface area contributed by atoms with Crippen molar-refractivity contribution in [2.75, 3.05) is 18.5 Å². The molecule has 0 amide bonds. The average molecular weight is 304 g/mol. The number of hydrogen-bond donors (Lipinski definition) is 1. The molecule has 0 bridgehead atoms. The van der Waals surface area contributed by atoms with Gasteiger partial charge in [0.15, 0.2) is 0 Å². The molecule has 0 unspecified atom stereocenters. The standard InChI is InChI=1S/C18H28N2O2/c1-2-22-18(21)14-16-10-8-15(9-11-16)6-5-13-20-17-7-3-4-12-19-17/h3-4,7,12,15-16H,2,5-6,8-11,13-14H2,1H3,(H,19,20). The summed E-state index contributed by atoms with van der Waals surface area (Å²) >= 11 is 0. The van der Waals surface area contributed by atoms with Crippen molar-refractivity contribution in [1.82, 2.24) is 4.98 Å². The van der Waals surface area contributed by atoms with E-state index in [9.17, 15) is 4.79 Å². The predicted octanol–water partition coefficient (Wildman–Crippen LogP) is 4.03. The monoisotopic (exact) mass is 304 g/mol. The summed E-state index contributed by atoms with van der Waals surface area (Å²) in [5.74, 6) is 2.30. The quantitative estimate of drug-likeness (QED) is 0.582. The first-order valence-electron chi connectivity index (χ1n) is 8.58. The summed E-state index contributed by atoms with van der Waals surface area (Å²) in [7, 11) is 0. The van der Waals surface area contributed by atoms with Crippen molar-refractivity contribution in [1.29, 1.82) is 0 Å². The number of carbonyl (C=O) groups is 1. The zero-order valence-corrected chi connectivity index (χ0v) is 13.6. The molecule has 1 aliphatic carbocycles. The molecule has 0 atom stereocenters. The van der Waals surface area contributed by atoms with E-state index in [0.717, 1.165) is 18.3 Å². The third kappa shape index (κ3) is 6.04. The molecule has 0 aromatic carbocycles. The first-order chi connectivity index (χ1) is 10.8. The van der Waals surface area contributed by atoms with E-state index in [1.54, 1.807) is 0 Å². The molecule has 0 spiro atoms. The van der Waals surface area contributed by atoms with Gasteiger partial charge in [0, 0.05) is 19.2 Å². The number of esters is 1. The number of anilines is 1. The molecule has 1 aliphatic rings. The van der Waals surface area contributed by atoms with Crippen molar-refractivity contribution in [3.63, 3.8) is 0 Å². The second-order valence-electron chi connectivity index (χ2n) is 6.18. The van der Waals surface area contributed by atoms with Gasteiger partial charge in [-0.05, 0) is 56.6 Å². The molecule has 0 radical (unpaired) electrons. The first-order valence-corrected chi connectivity index (χ1v) is 8.58. The summed E-state index contributed by atoms with van der Waals surface area (Å²) in [6, 6.07) is 5.93. The predicted molar refractivity (Wildman–Crippen MR) is 88.7 cm³/mol. The van der Waals surface area contributed by atoms with Gasteiger partial charge >= 0.3 is 5.97 Å². The van der Waals surface area contributed by atoms with E-state index < -0.39 is 0 Å². The number of pyridine rings is 1. The fraction of sp³-hybridized carbons (Fsp3) is 0.667. The minimum Gasteiger partial charge on any atom is -0.466 e. The van der Waals surface area contributed by atoms with Gasteiger partial charge in [-0.3, -0.25) is 4.79 Å². The summed E-state index contributed by atoms with van der Waals surface area (Å²) in [6.45, 7) is 3.35. The second kappa shape index (κ2) is 9.44. The van der Waals surface area contributed by atoms with E-state index in [1.807, 2.05) is 31.3 Å². The third-order valence-electron chi connectivity index (χ3n) is 4.49. The van der Waals surface area contributed by atoms with Gasteiger partial charge in [-0.2, -0.15) is 0 Å². The lowest BCUT2D eigenvalue weighted by Crippen LogP contribution is -2.19. The maximum absolute atomic E-state index is 11.5. The van der Waals surface area contributed by atoms with Crippen molar-refractivity contribution in [3.8, 4) is 0 Å². The van der Waals surface area contributed by atoms with Crippen LogP contribution < -0.4 is 5.32 Å². The Labute approximate surface area is 133 Å². The van der Waals surface area contributed by atoms with Crippen LogP contribution in [0.15, 0.2) is 24.4 Å². The van der Waals surface area contributed by atoms with Crippen LogP contribution in [0.2, 0.25) is 0 Å². The number of hydrogen-bond acceptors (Lipinski definition) is 4. The van der Waals surface area contributed by atoms with Gasteiger partial charge in [-0.1, -0.05) is 18.9 Å². The highest BCUT2D eigenvalue weighted by Crippen LogP contribution is 2.33. The van der Waals surface area contributed by atoms with E-state index in [-0.39, 0.29) is 5.97 Å². The Morgan fingerprint density at radius 2 is 2.05 bits per heavy atom. The highest BCUT2D eigenvalue weighted by Gasteiger charge is 2.23. The lowest BCUT2D eigenvalue weighted by molar-refractivity contribution is -0.144. The molecule has 1 aromatic rings. The molecule has 1 aromatic heterocycles. The van der Waals surface area contributed by atoms with Crippen LogP contribution in [-0.4, -0.2) is 24.1 Å². The average Bonchev–Trinajstić information content (AvgIpc) is 2.54. The van der Waals surface area contributed by atoms with E-state index in [4.69, 9.17) is 4.74 Å².